The Balaban J connectivity index is 1.78. The predicted octanol–water partition coefficient (Wildman–Crippen LogP) is -1.78. The minimum atomic E-state index is -1.39. The molecule has 2 amide bonds. The Hall–Kier alpha value is -2.40. The first-order valence-corrected chi connectivity index (χ1v) is 10.4. The Morgan fingerprint density at radius 3 is 2.55 bits per heavy atom. The molecule has 0 aromatic rings. The van der Waals surface area contributed by atoms with Gasteiger partial charge in [0.05, 0.1) is 31.8 Å². The summed E-state index contributed by atoms with van der Waals surface area (Å²) in [6.07, 6.45) is 2.19. The molecule has 0 aromatic carbocycles. The number of carboxylic acid groups (broad SMARTS) is 1. The van der Waals surface area contributed by atoms with E-state index in [9.17, 15) is 24.3 Å². The number of aliphatic carboxylic acids is 1. The molecule has 3 aliphatic heterocycles. The van der Waals surface area contributed by atoms with Gasteiger partial charge in [-0.15, -0.1) is 11.8 Å². The van der Waals surface area contributed by atoms with Crippen molar-refractivity contribution in [3.8, 4) is 0 Å². The van der Waals surface area contributed by atoms with E-state index in [0.717, 1.165) is 37.3 Å². The molecule has 0 unspecified atom stereocenters. The first kappa shape index (κ1) is 21.3. The van der Waals surface area contributed by atoms with Crippen LogP contribution in [-0.4, -0.2) is 89.6 Å². The molecule has 2 fully saturated rings. The summed E-state index contributed by atoms with van der Waals surface area (Å²) >= 11 is 1.39. The van der Waals surface area contributed by atoms with E-state index >= 15 is 0 Å². The number of β-lactam (4-membered cyclic amide) rings is 1. The third-order valence-electron chi connectivity index (χ3n) is 5.48. The summed E-state index contributed by atoms with van der Waals surface area (Å²) < 4.78 is 0.745. The fourth-order valence-corrected chi connectivity index (χ4v) is 5.41. The highest BCUT2D eigenvalue weighted by Gasteiger charge is 2.53. The van der Waals surface area contributed by atoms with Crippen LogP contribution in [0.3, 0.4) is 0 Å². The lowest BCUT2D eigenvalue weighted by atomic mass is 10.0. The summed E-state index contributed by atoms with van der Waals surface area (Å²) in [5, 5.41) is 17.1. The number of nitrogens with zero attached hydrogens (tertiary/aromatic N) is 3. The van der Waals surface area contributed by atoms with E-state index in [-0.39, 0.29) is 5.70 Å². The maximum atomic E-state index is 12.7. The Morgan fingerprint density at radius 1 is 1.34 bits per heavy atom. The van der Waals surface area contributed by atoms with Crippen LogP contribution in [0.25, 0.3) is 0 Å². The van der Waals surface area contributed by atoms with E-state index in [4.69, 9.17) is 0 Å². The third-order valence-corrected chi connectivity index (χ3v) is 6.82. The zero-order valence-electron chi connectivity index (χ0n) is 16.6. The van der Waals surface area contributed by atoms with Crippen LogP contribution in [0.2, 0.25) is 0 Å². The molecule has 0 spiro atoms. The maximum Gasteiger partial charge on any atom is 0.277 e. The van der Waals surface area contributed by atoms with Gasteiger partial charge < -0.3 is 24.5 Å². The van der Waals surface area contributed by atoms with Crippen LogP contribution < -0.4 is 10.4 Å². The molecule has 3 aliphatic rings. The molecule has 2 atom stereocenters. The first-order chi connectivity index (χ1) is 13.7. The summed E-state index contributed by atoms with van der Waals surface area (Å²) in [6.45, 7) is 3.65. The number of thioether (sulfide) groups is 1. The Labute approximate surface area is 172 Å². The number of likely N-dealkylation sites (tertiary alicyclic amines) is 1. The van der Waals surface area contributed by atoms with Crippen LogP contribution in [0.1, 0.15) is 19.8 Å². The van der Waals surface area contributed by atoms with Crippen LogP contribution in [-0.2, 0) is 24.0 Å². The van der Waals surface area contributed by atoms with Gasteiger partial charge in [-0.05, 0) is 0 Å². The average molecular weight is 424 g/mol. The van der Waals surface area contributed by atoms with Crippen molar-refractivity contribution in [2.45, 2.75) is 31.2 Å². The number of carbonyl (C=O) groups is 4. The molecule has 0 bridgehead atoms. The SMILES string of the molecule is CO/N=C(/C(C)=O)C(=O)N[C@@H]1C(=O)N2C(C(=O)[O-])=C(C[N+]3(C)CCCC3)CS[C@H]12. The van der Waals surface area contributed by atoms with Crippen molar-refractivity contribution in [1.82, 2.24) is 10.2 Å². The molecule has 0 saturated carbocycles. The zero-order valence-corrected chi connectivity index (χ0v) is 17.4. The number of carbonyl (C=O) groups excluding carboxylic acids is 4. The lowest BCUT2D eigenvalue weighted by Gasteiger charge is -2.51. The van der Waals surface area contributed by atoms with Crippen molar-refractivity contribution in [2.75, 3.05) is 39.5 Å². The minimum Gasteiger partial charge on any atom is -0.543 e. The van der Waals surface area contributed by atoms with Crippen molar-refractivity contribution in [1.29, 1.82) is 0 Å². The number of likely N-dealkylation sites (N-methyl/N-ethyl adjacent to an activating group) is 1. The second-order valence-electron chi connectivity index (χ2n) is 7.71. The van der Waals surface area contributed by atoms with Crippen molar-refractivity contribution in [2.24, 2.45) is 5.16 Å². The summed E-state index contributed by atoms with van der Waals surface area (Å²) in [6, 6.07) is -0.943. The highest BCUT2D eigenvalue weighted by atomic mass is 32.2. The van der Waals surface area contributed by atoms with Gasteiger partial charge in [-0.25, -0.2) is 0 Å². The second kappa shape index (κ2) is 8.15. The number of rotatable bonds is 7. The molecule has 10 nitrogen and oxygen atoms in total. The van der Waals surface area contributed by atoms with Crippen LogP contribution in [0, 0.1) is 0 Å². The van der Waals surface area contributed by atoms with Crippen molar-refractivity contribution in [3.63, 3.8) is 0 Å². The topological polar surface area (TPSA) is 128 Å². The summed E-state index contributed by atoms with van der Waals surface area (Å²) in [5.74, 6) is -2.94. The van der Waals surface area contributed by atoms with Crippen molar-refractivity contribution in [3.05, 3.63) is 11.3 Å². The zero-order chi connectivity index (χ0) is 21.3. The van der Waals surface area contributed by atoms with Crippen LogP contribution in [0.5, 0.6) is 0 Å². The Bertz CT molecular complexity index is 817. The van der Waals surface area contributed by atoms with Gasteiger partial charge in [-0.2, -0.15) is 0 Å². The molecule has 11 heteroatoms. The van der Waals surface area contributed by atoms with Crippen LogP contribution >= 0.6 is 11.8 Å². The molecule has 0 aromatic heterocycles. The highest BCUT2D eigenvalue weighted by Crippen LogP contribution is 2.41. The van der Waals surface area contributed by atoms with E-state index in [0.29, 0.717) is 17.9 Å². The number of carboxylic acids is 1. The van der Waals surface area contributed by atoms with Gasteiger partial charge in [0.1, 0.15) is 25.1 Å². The van der Waals surface area contributed by atoms with Gasteiger partial charge in [0.2, 0.25) is 5.71 Å². The first-order valence-electron chi connectivity index (χ1n) is 9.33. The lowest BCUT2D eigenvalue weighted by molar-refractivity contribution is -0.893. The van der Waals surface area contributed by atoms with Crippen LogP contribution in [0.15, 0.2) is 16.4 Å². The number of hydrogen-bond donors (Lipinski definition) is 1. The van der Waals surface area contributed by atoms with E-state index in [2.05, 4.69) is 22.4 Å². The number of quaternary nitrogens is 1. The molecule has 1 N–H and O–H groups in total. The number of nitrogens with one attached hydrogen (secondary N) is 1. The standard InChI is InChI=1S/C18H24N4O6S/c1-10(23)12(20-28-3)15(24)19-13-16(25)21-14(18(26)27)11(9-29-17(13)21)8-22(2)6-4-5-7-22/h13,17H,4-9H2,1-3H3,(H-,19,24,26,27)/b20-12-/t13-,17-/m1/s1. The molecule has 3 heterocycles. The normalized spacial score (nSPS) is 26.0. The fourth-order valence-electron chi connectivity index (χ4n) is 4.08. The molecule has 29 heavy (non-hydrogen) atoms. The van der Waals surface area contributed by atoms with Gasteiger partial charge >= 0.3 is 0 Å². The van der Waals surface area contributed by atoms with Gasteiger partial charge in [-0.1, -0.05) is 5.16 Å². The summed E-state index contributed by atoms with van der Waals surface area (Å²) in [7, 11) is 3.29. The molecule has 3 rings (SSSR count). The highest BCUT2D eigenvalue weighted by molar-refractivity contribution is 8.00. The maximum absolute atomic E-state index is 12.7. The summed E-state index contributed by atoms with van der Waals surface area (Å²) in [4.78, 5) is 54.0. The van der Waals surface area contributed by atoms with Crippen molar-refractivity contribution >= 4 is 41.0 Å². The molecule has 2 saturated heterocycles. The average Bonchev–Trinajstić information content (AvgIpc) is 3.09. The van der Waals surface area contributed by atoms with Gasteiger partial charge in [0.25, 0.3) is 11.8 Å². The minimum absolute atomic E-state index is 0.0900. The van der Waals surface area contributed by atoms with Gasteiger partial charge in [0, 0.05) is 31.1 Å². The number of ketones is 1. The smallest absolute Gasteiger partial charge is 0.277 e. The fraction of sp³-hybridized carbons (Fsp3) is 0.611. The molecular weight excluding hydrogens is 400 g/mol. The monoisotopic (exact) mass is 424 g/mol. The quantitative estimate of drug-likeness (QED) is 0.168. The summed E-state index contributed by atoms with van der Waals surface area (Å²) in [5.41, 5.74) is 0.134. The van der Waals surface area contributed by atoms with Crippen molar-refractivity contribution < 1.29 is 33.6 Å². The number of fused-ring (bicyclic) bond motifs is 1. The number of amides is 2. The molecule has 0 radical (unpaired) electrons. The van der Waals surface area contributed by atoms with E-state index in [1.165, 1.54) is 23.8 Å². The van der Waals surface area contributed by atoms with E-state index in [1.54, 1.807) is 0 Å². The molecular formula is C18H24N4O6S. The Kier molecular flexibility index (Phi) is 5.99. The lowest BCUT2D eigenvalue weighted by Crippen LogP contribution is -2.72. The number of oxime groups is 1. The predicted molar refractivity (Wildman–Crippen MR) is 102 cm³/mol. The van der Waals surface area contributed by atoms with E-state index < -0.39 is 40.7 Å². The van der Waals surface area contributed by atoms with E-state index in [1.807, 2.05) is 0 Å². The van der Waals surface area contributed by atoms with Crippen LogP contribution in [0.4, 0.5) is 0 Å². The van der Waals surface area contributed by atoms with Gasteiger partial charge in [-0.3, -0.25) is 19.3 Å². The molecule has 0 aliphatic carbocycles. The second-order valence-corrected chi connectivity index (χ2v) is 8.82. The van der Waals surface area contributed by atoms with Gasteiger partial charge in [0.15, 0.2) is 5.78 Å². The Morgan fingerprint density at radius 2 is 2.00 bits per heavy atom. The number of hydrogen-bond acceptors (Lipinski definition) is 8. The largest absolute Gasteiger partial charge is 0.543 e. The molecule has 158 valence electrons. The third kappa shape index (κ3) is 4.01. The number of Topliss-reactive ketones (excluding diaryl/α,β-unsaturated/α-hetero) is 1.